The van der Waals surface area contributed by atoms with Gasteiger partial charge in [0.05, 0.1) is 12.2 Å². The molecular formula is C37H45N5O3S. The van der Waals surface area contributed by atoms with Crippen LogP contribution in [0.15, 0.2) is 77.1 Å². The number of allylic oxidation sites excluding steroid dienone is 1. The van der Waals surface area contributed by atoms with E-state index in [0.717, 1.165) is 45.8 Å². The lowest BCUT2D eigenvalue weighted by Gasteiger charge is -2.29. The molecule has 0 fully saturated rings. The summed E-state index contributed by atoms with van der Waals surface area (Å²) in [5, 5.41) is 12.0. The molecule has 46 heavy (non-hydrogen) atoms. The average Bonchev–Trinajstić information content (AvgIpc) is 3.43. The number of thioether (sulfide) groups is 1. The SMILES string of the molecule is CCCSc1nc2n(n1)C(c1ccc(OCc3ccc(C(C)(C)C)cc3)c(OCC)c1)C(C(=O)Nc1cccc(C)c1C)=C(C)N2. The number of fused-ring (bicyclic) bond motifs is 1. The van der Waals surface area contributed by atoms with E-state index in [2.05, 4.69) is 62.6 Å². The maximum absolute atomic E-state index is 14.1. The number of carbonyl (C=O) groups is 1. The van der Waals surface area contributed by atoms with Crippen molar-refractivity contribution >= 4 is 29.3 Å². The number of hydrogen-bond donors (Lipinski definition) is 2. The van der Waals surface area contributed by atoms with Crippen LogP contribution in [-0.4, -0.2) is 33.0 Å². The fourth-order valence-electron chi connectivity index (χ4n) is 5.41. The molecule has 0 aliphatic carbocycles. The van der Waals surface area contributed by atoms with Gasteiger partial charge in [0, 0.05) is 17.1 Å². The molecule has 1 unspecified atom stereocenters. The second kappa shape index (κ2) is 14.0. The molecule has 1 aliphatic rings. The van der Waals surface area contributed by atoms with Crippen LogP contribution in [0.2, 0.25) is 0 Å². The summed E-state index contributed by atoms with van der Waals surface area (Å²) in [6.45, 7) is 17.5. The van der Waals surface area contributed by atoms with Gasteiger partial charge in [0.25, 0.3) is 5.91 Å². The minimum absolute atomic E-state index is 0.0901. The second-order valence-corrected chi connectivity index (χ2v) is 13.7. The van der Waals surface area contributed by atoms with Crippen LogP contribution in [0.5, 0.6) is 11.5 Å². The van der Waals surface area contributed by atoms with Crippen LogP contribution in [-0.2, 0) is 16.8 Å². The molecule has 242 valence electrons. The van der Waals surface area contributed by atoms with Crippen molar-refractivity contribution in [1.82, 2.24) is 14.8 Å². The van der Waals surface area contributed by atoms with Gasteiger partial charge in [0.15, 0.2) is 11.5 Å². The van der Waals surface area contributed by atoms with Gasteiger partial charge >= 0.3 is 0 Å². The smallest absolute Gasteiger partial charge is 0.255 e. The van der Waals surface area contributed by atoms with Gasteiger partial charge < -0.3 is 20.1 Å². The number of ether oxygens (including phenoxy) is 2. The molecule has 3 aromatic carbocycles. The molecule has 4 aromatic rings. The lowest BCUT2D eigenvalue weighted by atomic mass is 9.87. The van der Waals surface area contributed by atoms with Crippen molar-refractivity contribution in [2.45, 2.75) is 85.0 Å². The Morgan fingerprint density at radius 3 is 2.46 bits per heavy atom. The maximum atomic E-state index is 14.1. The van der Waals surface area contributed by atoms with Crippen molar-refractivity contribution in [2.24, 2.45) is 0 Å². The molecule has 8 nitrogen and oxygen atoms in total. The monoisotopic (exact) mass is 639 g/mol. The standard InChI is InChI=1S/C37H45N5O3S/c1-9-20-46-36-40-35-38-25(5)32(34(43)39-29-13-11-12-23(3)24(29)4)33(42(35)41-36)27-16-19-30(31(21-27)44-10-2)45-22-26-14-17-28(18-15-26)37(6,7)8/h11-19,21,33H,9-10,20,22H2,1-8H3,(H,39,43)(H,38,40,41). The van der Waals surface area contributed by atoms with Crippen LogP contribution in [0, 0.1) is 13.8 Å². The highest BCUT2D eigenvalue weighted by Gasteiger charge is 2.35. The normalized spacial score (nSPS) is 14.5. The molecule has 0 radical (unpaired) electrons. The topological polar surface area (TPSA) is 90.3 Å². The number of rotatable bonds is 11. The zero-order valence-electron chi connectivity index (χ0n) is 28.2. The molecule has 1 aromatic heterocycles. The van der Waals surface area contributed by atoms with Gasteiger partial charge in [-0.15, -0.1) is 5.10 Å². The molecule has 1 atom stereocenters. The molecule has 0 saturated carbocycles. The highest BCUT2D eigenvalue weighted by Crippen LogP contribution is 2.40. The Morgan fingerprint density at radius 1 is 1.00 bits per heavy atom. The molecule has 1 aliphatic heterocycles. The summed E-state index contributed by atoms with van der Waals surface area (Å²) in [6.07, 6.45) is 1.01. The van der Waals surface area contributed by atoms with E-state index in [1.807, 2.05) is 68.8 Å². The number of aryl methyl sites for hydroxylation is 1. The van der Waals surface area contributed by atoms with E-state index in [-0.39, 0.29) is 11.3 Å². The van der Waals surface area contributed by atoms with E-state index in [1.54, 1.807) is 11.8 Å². The first-order chi connectivity index (χ1) is 22.0. The zero-order chi connectivity index (χ0) is 33.0. The van der Waals surface area contributed by atoms with E-state index in [1.165, 1.54) is 5.56 Å². The van der Waals surface area contributed by atoms with Gasteiger partial charge in [-0.05, 0) is 85.5 Å². The molecular weight excluding hydrogens is 595 g/mol. The Bertz CT molecular complexity index is 1740. The summed E-state index contributed by atoms with van der Waals surface area (Å²) < 4.78 is 14.2. The molecule has 0 spiro atoms. The van der Waals surface area contributed by atoms with Crippen molar-refractivity contribution in [1.29, 1.82) is 0 Å². The van der Waals surface area contributed by atoms with Crippen LogP contribution in [0.3, 0.4) is 0 Å². The maximum Gasteiger partial charge on any atom is 0.255 e. The van der Waals surface area contributed by atoms with Crippen LogP contribution in [0.25, 0.3) is 0 Å². The first kappa shape index (κ1) is 33.1. The largest absolute Gasteiger partial charge is 0.490 e. The average molecular weight is 640 g/mol. The quantitative estimate of drug-likeness (QED) is 0.159. The second-order valence-electron chi connectivity index (χ2n) is 12.7. The zero-order valence-corrected chi connectivity index (χ0v) is 29.0. The van der Waals surface area contributed by atoms with Crippen LogP contribution in [0.1, 0.15) is 81.8 Å². The summed E-state index contributed by atoms with van der Waals surface area (Å²) in [6, 6.07) is 19.8. The number of amides is 1. The Morgan fingerprint density at radius 2 is 1.76 bits per heavy atom. The summed E-state index contributed by atoms with van der Waals surface area (Å²) in [7, 11) is 0. The Labute approximate surface area is 277 Å². The summed E-state index contributed by atoms with van der Waals surface area (Å²) in [5.74, 6) is 2.55. The number of hydrogen-bond acceptors (Lipinski definition) is 7. The van der Waals surface area contributed by atoms with Gasteiger partial charge in [0.2, 0.25) is 11.1 Å². The number of nitrogens with one attached hydrogen (secondary N) is 2. The molecule has 2 N–H and O–H groups in total. The van der Waals surface area contributed by atoms with Crippen molar-refractivity contribution in [3.8, 4) is 11.5 Å². The van der Waals surface area contributed by atoms with E-state index in [9.17, 15) is 4.79 Å². The molecule has 0 saturated heterocycles. The Balaban J connectivity index is 1.50. The minimum Gasteiger partial charge on any atom is -0.490 e. The van der Waals surface area contributed by atoms with Crippen molar-refractivity contribution in [3.05, 3.63) is 99.8 Å². The van der Waals surface area contributed by atoms with Crippen molar-refractivity contribution in [3.63, 3.8) is 0 Å². The molecule has 5 rings (SSSR count). The third-order valence-corrected chi connectivity index (χ3v) is 9.21. The van der Waals surface area contributed by atoms with Crippen LogP contribution < -0.4 is 20.1 Å². The minimum atomic E-state index is -0.539. The van der Waals surface area contributed by atoms with Crippen LogP contribution in [0.4, 0.5) is 11.6 Å². The number of carbonyl (C=O) groups excluding carboxylic acids is 1. The van der Waals surface area contributed by atoms with Gasteiger partial charge in [-0.2, -0.15) is 4.98 Å². The van der Waals surface area contributed by atoms with Gasteiger partial charge in [-0.25, -0.2) is 4.68 Å². The van der Waals surface area contributed by atoms with E-state index in [0.29, 0.717) is 41.4 Å². The van der Waals surface area contributed by atoms with E-state index < -0.39 is 6.04 Å². The summed E-state index contributed by atoms with van der Waals surface area (Å²) in [5.41, 5.74) is 7.48. The summed E-state index contributed by atoms with van der Waals surface area (Å²) in [4.78, 5) is 18.9. The van der Waals surface area contributed by atoms with Crippen molar-refractivity contribution in [2.75, 3.05) is 23.0 Å². The third-order valence-electron chi connectivity index (χ3n) is 8.16. The lowest BCUT2D eigenvalue weighted by molar-refractivity contribution is -0.113. The van der Waals surface area contributed by atoms with E-state index >= 15 is 0 Å². The van der Waals surface area contributed by atoms with Gasteiger partial charge in [-0.3, -0.25) is 4.79 Å². The molecule has 0 bridgehead atoms. The van der Waals surface area contributed by atoms with Gasteiger partial charge in [0.1, 0.15) is 12.6 Å². The first-order valence-electron chi connectivity index (χ1n) is 15.9. The third kappa shape index (κ3) is 7.25. The number of anilines is 2. The molecule has 9 heteroatoms. The first-order valence-corrected chi connectivity index (χ1v) is 16.9. The Kier molecular flexibility index (Phi) is 10.1. The molecule has 2 heterocycles. The van der Waals surface area contributed by atoms with Crippen LogP contribution >= 0.6 is 11.8 Å². The van der Waals surface area contributed by atoms with Crippen molar-refractivity contribution < 1.29 is 14.3 Å². The molecule has 1 amide bonds. The fraction of sp³-hybridized carbons (Fsp3) is 0.378. The predicted octanol–water partition coefficient (Wildman–Crippen LogP) is 8.60. The number of nitrogens with zero attached hydrogens (tertiary/aromatic N) is 3. The van der Waals surface area contributed by atoms with Gasteiger partial charge in [-0.1, -0.05) is 81.9 Å². The van der Waals surface area contributed by atoms with E-state index in [4.69, 9.17) is 19.6 Å². The number of aromatic nitrogens is 3. The lowest BCUT2D eigenvalue weighted by Crippen LogP contribution is -2.31. The fourth-order valence-corrected chi connectivity index (χ4v) is 6.09. The summed E-state index contributed by atoms with van der Waals surface area (Å²) >= 11 is 1.60. The number of benzene rings is 3. The highest BCUT2D eigenvalue weighted by molar-refractivity contribution is 7.99. The highest BCUT2D eigenvalue weighted by atomic mass is 32.2. The Hall–Kier alpha value is -4.24. The predicted molar refractivity (Wildman–Crippen MR) is 187 cm³/mol.